The van der Waals surface area contributed by atoms with Crippen molar-refractivity contribution in [1.82, 2.24) is 19.7 Å². The van der Waals surface area contributed by atoms with Gasteiger partial charge in [0.2, 0.25) is 5.91 Å². The Morgan fingerprint density at radius 1 is 1.17 bits per heavy atom. The number of amides is 1. The number of hydrogen-bond acceptors (Lipinski definition) is 6. The molecule has 0 spiro atoms. The van der Waals surface area contributed by atoms with E-state index in [0.29, 0.717) is 30.6 Å². The minimum absolute atomic E-state index is 0.164. The Balaban J connectivity index is 1.67. The van der Waals surface area contributed by atoms with E-state index in [2.05, 4.69) is 20.5 Å². The van der Waals surface area contributed by atoms with Crippen LogP contribution in [0.15, 0.2) is 53.9 Å². The molecule has 0 atom stereocenters. The fourth-order valence-corrected chi connectivity index (χ4v) is 3.41. The van der Waals surface area contributed by atoms with Gasteiger partial charge in [-0.05, 0) is 49.7 Å². The Labute approximate surface area is 172 Å². The van der Waals surface area contributed by atoms with Crippen LogP contribution in [0.5, 0.6) is 0 Å². The van der Waals surface area contributed by atoms with Crippen molar-refractivity contribution >= 4 is 23.4 Å². The van der Waals surface area contributed by atoms with E-state index in [1.54, 1.807) is 12.4 Å². The van der Waals surface area contributed by atoms with Gasteiger partial charge >= 0.3 is 0 Å². The average Bonchev–Trinajstić information content (AvgIpc) is 3.15. The molecule has 0 aliphatic rings. The number of hydrogen-bond donors (Lipinski definition) is 1. The van der Waals surface area contributed by atoms with Crippen LogP contribution in [-0.4, -0.2) is 44.6 Å². The Morgan fingerprint density at radius 2 is 1.93 bits per heavy atom. The number of thioether (sulfide) groups is 1. The smallest absolute Gasteiger partial charge is 0.234 e. The molecule has 0 saturated heterocycles. The molecule has 0 unspecified atom stereocenters. The molecule has 152 valence electrons. The van der Waals surface area contributed by atoms with Crippen LogP contribution in [0.25, 0.3) is 11.4 Å². The first-order valence-electron chi connectivity index (χ1n) is 9.27. The van der Waals surface area contributed by atoms with E-state index < -0.39 is 0 Å². The third-order valence-electron chi connectivity index (χ3n) is 3.99. The summed E-state index contributed by atoms with van der Waals surface area (Å²) in [6, 6.07) is 9.40. The topological polar surface area (TPSA) is 81.9 Å². The monoisotopic (exact) mass is 415 g/mol. The maximum atomic E-state index is 13.0. The third kappa shape index (κ3) is 6.10. The summed E-state index contributed by atoms with van der Waals surface area (Å²) in [7, 11) is 0. The second-order valence-electron chi connectivity index (χ2n) is 6.09. The fraction of sp³-hybridized carbons (Fsp3) is 0.300. The van der Waals surface area contributed by atoms with Crippen LogP contribution in [-0.2, 0) is 16.1 Å². The molecule has 1 amide bonds. The van der Waals surface area contributed by atoms with E-state index in [1.807, 2.05) is 23.6 Å². The van der Waals surface area contributed by atoms with Crippen LogP contribution < -0.4 is 5.32 Å². The highest BCUT2D eigenvalue weighted by molar-refractivity contribution is 7.99. The number of carbonyl (C=O) groups is 1. The number of ether oxygens (including phenoxy) is 1. The second kappa shape index (κ2) is 10.7. The molecule has 2 heterocycles. The predicted octanol–water partition coefficient (Wildman–Crippen LogP) is 3.64. The number of pyridine rings is 1. The Kier molecular flexibility index (Phi) is 7.71. The number of halogens is 1. The highest BCUT2D eigenvalue weighted by Gasteiger charge is 2.15. The van der Waals surface area contributed by atoms with Crippen molar-refractivity contribution < 1.29 is 13.9 Å². The van der Waals surface area contributed by atoms with Crippen molar-refractivity contribution in [1.29, 1.82) is 0 Å². The largest absolute Gasteiger partial charge is 0.382 e. The van der Waals surface area contributed by atoms with E-state index in [1.165, 1.54) is 36.0 Å². The van der Waals surface area contributed by atoms with Crippen molar-refractivity contribution in [2.75, 3.05) is 24.3 Å². The quantitative estimate of drug-likeness (QED) is 0.402. The summed E-state index contributed by atoms with van der Waals surface area (Å²) in [4.78, 5) is 16.3. The van der Waals surface area contributed by atoms with Crippen molar-refractivity contribution in [3.05, 3.63) is 54.6 Å². The van der Waals surface area contributed by atoms with Gasteiger partial charge in [0.25, 0.3) is 0 Å². The minimum Gasteiger partial charge on any atom is -0.382 e. The van der Waals surface area contributed by atoms with Crippen LogP contribution in [0.1, 0.15) is 13.3 Å². The van der Waals surface area contributed by atoms with Gasteiger partial charge in [0.1, 0.15) is 5.82 Å². The SMILES string of the molecule is CCOCCCn1c(SCC(=O)Nc2ccc(F)cc2)nnc1-c1ccncc1. The summed E-state index contributed by atoms with van der Waals surface area (Å²) in [5.41, 5.74) is 1.46. The molecule has 0 fully saturated rings. The first-order chi connectivity index (χ1) is 14.2. The maximum absolute atomic E-state index is 13.0. The summed E-state index contributed by atoms with van der Waals surface area (Å²) >= 11 is 1.30. The van der Waals surface area contributed by atoms with Crippen LogP contribution >= 0.6 is 11.8 Å². The first kappa shape index (κ1) is 20.9. The zero-order valence-electron chi connectivity index (χ0n) is 16.0. The summed E-state index contributed by atoms with van der Waals surface area (Å²) in [5.74, 6) is 0.347. The van der Waals surface area contributed by atoms with Crippen LogP contribution in [0, 0.1) is 5.82 Å². The highest BCUT2D eigenvalue weighted by atomic mass is 32.2. The van der Waals surface area contributed by atoms with Gasteiger partial charge in [-0.1, -0.05) is 11.8 Å². The van der Waals surface area contributed by atoms with Crippen molar-refractivity contribution in [2.24, 2.45) is 0 Å². The lowest BCUT2D eigenvalue weighted by atomic mass is 10.2. The molecule has 7 nitrogen and oxygen atoms in total. The molecule has 1 aromatic carbocycles. The molecule has 3 rings (SSSR count). The second-order valence-corrected chi connectivity index (χ2v) is 7.03. The lowest BCUT2D eigenvalue weighted by Gasteiger charge is -2.10. The minimum atomic E-state index is -0.346. The zero-order chi connectivity index (χ0) is 20.5. The number of aromatic nitrogens is 4. The summed E-state index contributed by atoms with van der Waals surface area (Å²) in [6.45, 7) is 3.94. The number of anilines is 1. The zero-order valence-corrected chi connectivity index (χ0v) is 16.9. The molecule has 9 heteroatoms. The number of carbonyl (C=O) groups excluding carboxylic acids is 1. The molecular weight excluding hydrogens is 393 g/mol. The third-order valence-corrected chi connectivity index (χ3v) is 4.96. The van der Waals surface area contributed by atoms with E-state index in [0.717, 1.165) is 17.8 Å². The van der Waals surface area contributed by atoms with Gasteiger partial charge in [0.15, 0.2) is 11.0 Å². The standard InChI is InChI=1S/C20H22FN5O2S/c1-2-28-13-3-12-26-19(15-8-10-22-11-9-15)24-25-20(26)29-14-18(27)23-17-6-4-16(21)5-7-17/h4-11H,2-3,12-14H2,1H3,(H,23,27). The Hall–Kier alpha value is -2.78. The molecule has 1 N–H and O–H groups in total. The highest BCUT2D eigenvalue weighted by Crippen LogP contribution is 2.24. The lowest BCUT2D eigenvalue weighted by Crippen LogP contribution is -2.15. The van der Waals surface area contributed by atoms with Crippen molar-refractivity contribution in [3.8, 4) is 11.4 Å². The van der Waals surface area contributed by atoms with E-state index in [4.69, 9.17) is 4.74 Å². The molecule has 0 aliphatic heterocycles. The molecule has 29 heavy (non-hydrogen) atoms. The van der Waals surface area contributed by atoms with Gasteiger partial charge in [0, 0.05) is 43.4 Å². The van der Waals surface area contributed by atoms with Gasteiger partial charge in [0.05, 0.1) is 5.75 Å². The normalized spacial score (nSPS) is 10.8. The number of rotatable bonds is 10. The summed E-state index contributed by atoms with van der Waals surface area (Å²) < 4.78 is 20.4. The lowest BCUT2D eigenvalue weighted by molar-refractivity contribution is -0.113. The van der Waals surface area contributed by atoms with E-state index >= 15 is 0 Å². The number of nitrogens with one attached hydrogen (secondary N) is 1. The van der Waals surface area contributed by atoms with Crippen LogP contribution in [0.3, 0.4) is 0 Å². The predicted molar refractivity (Wildman–Crippen MR) is 110 cm³/mol. The van der Waals surface area contributed by atoms with Gasteiger partial charge < -0.3 is 14.6 Å². The number of nitrogens with zero attached hydrogens (tertiary/aromatic N) is 4. The van der Waals surface area contributed by atoms with E-state index in [-0.39, 0.29) is 17.5 Å². The summed E-state index contributed by atoms with van der Waals surface area (Å²) in [6.07, 6.45) is 4.22. The van der Waals surface area contributed by atoms with Crippen molar-refractivity contribution in [3.63, 3.8) is 0 Å². The van der Waals surface area contributed by atoms with E-state index in [9.17, 15) is 9.18 Å². The summed E-state index contributed by atoms with van der Waals surface area (Å²) in [5, 5.41) is 12.0. The fourth-order valence-electron chi connectivity index (χ4n) is 2.64. The molecular formula is C20H22FN5O2S. The first-order valence-corrected chi connectivity index (χ1v) is 10.3. The number of benzene rings is 1. The van der Waals surface area contributed by atoms with Crippen LogP contribution in [0.2, 0.25) is 0 Å². The van der Waals surface area contributed by atoms with Gasteiger partial charge in [-0.15, -0.1) is 10.2 Å². The molecule has 3 aromatic rings. The Bertz CT molecular complexity index is 918. The average molecular weight is 415 g/mol. The van der Waals surface area contributed by atoms with Gasteiger partial charge in [-0.3, -0.25) is 9.78 Å². The Morgan fingerprint density at radius 3 is 2.66 bits per heavy atom. The van der Waals surface area contributed by atoms with Crippen LogP contribution in [0.4, 0.5) is 10.1 Å². The van der Waals surface area contributed by atoms with Gasteiger partial charge in [-0.25, -0.2) is 4.39 Å². The molecule has 0 bridgehead atoms. The van der Waals surface area contributed by atoms with Gasteiger partial charge in [-0.2, -0.15) is 0 Å². The molecule has 0 saturated carbocycles. The molecule has 0 radical (unpaired) electrons. The van der Waals surface area contributed by atoms with Crippen molar-refractivity contribution in [2.45, 2.75) is 25.0 Å². The molecule has 2 aromatic heterocycles. The maximum Gasteiger partial charge on any atom is 0.234 e. The molecule has 0 aliphatic carbocycles.